The minimum atomic E-state index is -2.13. The number of ether oxygens (including phenoxy) is 4. The molecular formula is C14H26O7. The summed E-state index contributed by atoms with van der Waals surface area (Å²) in [6.07, 6.45) is 3.63. The van der Waals surface area contributed by atoms with Crippen molar-refractivity contribution < 1.29 is 34.0 Å². The number of carbonyl (C=O) groups excluding carboxylic acids is 1. The van der Waals surface area contributed by atoms with E-state index in [4.69, 9.17) is 24.1 Å². The fourth-order valence-electron chi connectivity index (χ4n) is 1.37. The molecule has 0 saturated heterocycles. The van der Waals surface area contributed by atoms with Gasteiger partial charge in [0.15, 0.2) is 0 Å². The zero-order chi connectivity index (χ0) is 16.0. The lowest BCUT2D eigenvalue weighted by atomic mass is 10.3. The first-order valence-electron chi connectivity index (χ1n) is 7.06. The quantitative estimate of drug-likeness (QED) is 0.210. The second kappa shape index (κ2) is 12.7. The Bertz CT molecular complexity index is 282. The molecule has 0 amide bonds. The third-order valence-electron chi connectivity index (χ3n) is 2.39. The Kier molecular flexibility index (Phi) is 12.1. The standard InChI is InChI=1S/C14H26O7/c1-3-5-6-8-20-14(17,21-13(16)4-2)12-19-11-10-18-9-7-15/h4,15,17H,2-3,5-12H2,1H3. The molecule has 0 spiro atoms. The van der Waals surface area contributed by atoms with Gasteiger partial charge < -0.3 is 29.2 Å². The average molecular weight is 306 g/mol. The van der Waals surface area contributed by atoms with Crippen LogP contribution in [0.1, 0.15) is 26.2 Å². The van der Waals surface area contributed by atoms with E-state index in [1.165, 1.54) is 0 Å². The molecule has 7 heteroatoms. The monoisotopic (exact) mass is 306 g/mol. The zero-order valence-electron chi connectivity index (χ0n) is 12.6. The van der Waals surface area contributed by atoms with Crippen LogP contribution in [0.5, 0.6) is 0 Å². The molecule has 0 aromatic heterocycles. The highest BCUT2D eigenvalue weighted by atomic mass is 16.8. The van der Waals surface area contributed by atoms with E-state index in [2.05, 4.69) is 6.58 Å². The van der Waals surface area contributed by atoms with Gasteiger partial charge in [0.05, 0.1) is 33.0 Å². The largest absolute Gasteiger partial charge is 0.403 e. The number of aliphatic hydroxyl groups is 2. The van der Waals surface area contributed by atoms with Gasteiger partial charge in [-0.3, -0.25) is 0 Å². The third-order valence-corrected chi connectivity index (χ3v) is 2.39. The Morgan fingerprint density at radius 1 is 1.19 bits per heavy atom. The van der Waals surface area contributed by atoms with E-state index < -0.39 is 11.9 Å². The van der Waals surface area contributed by atoms with Crippen molar-refractivity contribution in [1.29, 1.82) is 0 Å². The topological polar surface area (TPSA) is 94.5 Å². The molecule has 124 valence electrons. The lowest BCUT2D eigenvalue weighted by Crippen LogP contribution is -2.43. The van der Waals surface area contributed by atoms with Crippen molar-refractivity contribution in [3.63, 3.8) is 0 Å². The molecule has 0 rings (SSSR count). The lowest BCUT2D eigenvalue weighted by Gasteiger charge is -2.26. The van der Waals surface area contributed by atoms with E-state index in [1.54, 1.807) is 0 Å². The van der Waals surface area contributed by atoms with Crippen LogP contribution in [0.3, 0.4) is 0 Å². The number of esters is 1. The van der Waals surface area contributed by atoms with Gasteiger partial charge in [-0.1, -0.05) is 26.3 Å². The molecule has 1 atom stereocenters. The van der Waals surface area contributed by atoms with Gasteiger partial charge in [0, 0.05) is 6.08 Å². The van der Waals surface area contributed by atoms with Crippen LogP contribution in [0.25, 0.3) is 0 Å². The van der Waals surface area contributed by atoms with Crippen molar-refractivity contribution in [1.82, 2.24) is 0 Å². The van der Waals surface area contributed by atoms with Gasteiger partial charge >= 0.3 is 11.9 Å². The number of hydrogen-bond acceptors (Lipinski definition) is 7. The smallest absolute Gasteiger partial charge is 0.351 e. The first-order chi connectivity index (χ1) is 10.1. The summed E-state index contributed by atoms with van der Waals surface area (Å²) in [5.74, 6) is -2.93. The van der Waals surface area contributed by atoms with Crippen molar-refractivity contribution in [2.45, 2.75) is 32.2 Å². The Labute approximate surface area is 125 Å². The van der Waals surface area contributed by atoms with Gasteiger partial charge in [0.25, 0.3) is 0 Å². The molecular weight excluding hydrogens is 280 g/mol. The summed E-state index contributed by atoms with van der Waals surface area (Å²) >= 11 is 0. The third kappa shape index (κ3) is 11.4. The Balaban J connectivity index is 4.10. The van der Waals surface area contributed by atoms with Crippen LogP contribution in [0, 0.1) is 0 Å². The molecule has 0 aliphatic carbocycles. The number of rotatable bonds is 14. The van der Waals surface area contributed by atoms with Crippen LogP contribution in [-0.4, -0.2) is 61.8 Å². The van der Waals surface area contributed by atoms with E-state index in [9.17, 15) is 9.90 Å². The number of hydrogen-bond donors (Lipinski definition) is 2. The maximum Gasteiger partial charge on any atom is 0.351 e. The lowest BCUT2D eigenvalue weighted by molar-refractivity contribution is -0.357. The van der Waals surface area contributed by atoms with Crippen molar-refractivity contribution in [3.8, 4) is 0 Å². The molecule has 0 aromatic carbocycles. The summed E-state index contributed by atoms with van der Waals surface area (Å²) in [6.45, 7) is 5.79. The van der Waals surface area contributed by atoms with Crippen LogP contribution in [0.2, 0.25) is 0 Å². The van der Waals surface area contributed by atoms with E-state index >= 15 is 0 Å². The van der Waals surface area contributed by atoms with Gasteiger partial charge in [0.1, 0.15) is 6.61 Å². The van der Waals surface area contributed by atoms with Crippen LogP contribution < -0.4 is 0 Å². The SMILES string of the molecule is C=CC(=O)OC(O)(COCCOCCO)OCCCCC. The summed E-state index contributed by atoms with van der Waals surface area (Å²) in [6, 6.07) is 0. The maximum absolute atomic E-state index is 11.2. The molecule has 0 radical (unpaired) electrons. The minimum Gasteiger partial charge on any atom is -0.403 e. The van der Waals surface area contributed by atoms with Gasteiger partial charge in [-0.2, -0.15) is 0 Å². The van der Waals surface area contributed by atoms with Crippen LogP contribution in [-0.2, 0) is 23.7 Å². The molecule has 21 heavy (non-hydrogen) atoms. The number of carbonyl (C=O) groups is 1. The van der Waals surface area contributed by atoms with Crippen LogP contribution >= 0.6 is 0 Å². The van der Waals surface area contributed by atoms with Crippen molar-refractivity contribution in [2.75, 3.05) is 39.6 Å². The first-order valence-corrected chi connectivity index (χ1v) is 7.06. The summed E-state index contributed by atoms with van der Waals surface area (Å²) in [5.41, 5.74) is 0. The molecule has 0 heterocycles. The second-order valence-electron chi connectivity index (χ2n) is 4.28. The normalized spacial score (nSPS) is 13.7. The van der Waals surface area contributed by atoms with Crippen LogP contribution in [0.15, 0.2) is 12.7 Å². The Morgan fingerprint density at radius 2 is 1.90 bits per heavy atom. The highest BCUT2D eigenvalue weighted by Crippen LogP contribution is 2.12. The molecule has 0 aromatic rings. The van der Waals surface area contributed by atoms with E-state index in [0.717, 1.165) is 25.3 Å². The van der Waals surface area contributed by atoms with Crippen LogP contribution in [0.4, 0.5) is 0 Å². The van der Waals surface area contributed by atoms with Crippen molar-refractivity contribution in [2.24, 2.45) is 0 Å². The Hall–Kier alpha value is -0.990. The predicted octanol–water partition coefficient (Wildman–Crippen LogP) is 0.594. The highest BCUT2D eigenvalue weighted by Gasteiger charge is 2.32. The van der Waals surface area contributed by atoms with E-state index in [1.807, 2.05) is 6.92 Å². The number of unbranched alkanes of at least 4 members (excludes halogenated alkanes) is 2. The highest BCUT2D eigenvalue weighted by molar-refractivity contribution is 5.81. The fraction of sp³-hybridized carbons (Fsp3) is 0.786. The summed E-state index contributed by atoms with van der Waals surface area (Å²) in [7, 11) is 0. The van der Waals surface area contributed by atoms with Crippen molar-refractivity contribution >= 4 is 5.97 Å². The summed E-state index contributed by atoms with van der Waals surface area (Å²) < 4.78 is 20.1. The number of aliphatic hydroxyl groups excluding tert-OH is 1. The maximum atomic E-state index is 11.2. The molecule has 0 aliphatic heterocycles. The summed E-state index contributed by atoms with van der Waals surface area (Å²) in [4.78, 5) is 11.2. The molecule has 0 bridgehead atoms. The molecule has 0 saturated carbocycles. The molecule has 7 nitrogen and oxygen atoms in total. The second-order valence-corrected chi connectivity index (χ2v) is 4.28. The van der Waals surface area contributed by atoms with Crippen molar-refractivity contribution in [3.05, 3.63) is 12.7 Å². The Morgan fingerprint density at radius 3 is 2.52 bits per heavy atom. The van der Waals surface area contributed by atoms with Gasteiger partial charge in [0.2, 0.25) is 0 Å². The van der Waals surface area contributed by atoms with E-state index in [-0.39, 0.29) is 39.6 Å². The predicted molar refractivity (Wildman–Crippen MR) is 75.4 cm³/mol. The van der Waals surface area contributed by atoms with E-state index in [0.29, 0.717) is 0 Å². The van der Waals surface area contributed by atoms with Gasteiger partial charge in [-0.15, -0.1) is 0 Å². The molecule has 0 fully saturated rings. The first kappa shape index (κ1) is 20.0. The minimum absolute atomic E-state index is 0.0680. The molecule has 0 aliphatic rings. The zero-order valence-corrected chi connectivity index (χ0v) is 12.6. The average Bonchev–Trinajstić information content (AvgIpc) is 2.47. The van der Waals surface area contributed by atoms with Gasteiger partial charge in [-0.25, -0.2) is 4.79 Å². The summed E-state index contributed by atoms with van der Waals surface area (Å²) in [5, 5.41) is 18.6. The molecule has 1 unspecified atom stereocenters. The molecule has 2 N–H and O–H groups in total. The van der Waals surface area contributed by atoms with Gasteiger partial charge in [-0.05, 0) is 6.42 Å². The fourth-order valence-corrected chi connectivity index (χ4v) is 1.37.